The van der Waals surface area contributed by atoms with Crippen LogP contribution in [0.15, 0.2) is 47.5 Å². The van der Waals surface area contributed by atoms with E-state index in [1.54, 1.807) is 18.3 Å². The zero-order chi connectivity index (χ0) is 14.7. The highest BCUT2D eigenvalue weighted by Gasteiger charge is 2.03. The molecule has 108 valence electrons. The molecule has 2 heterocycles. The van der Waals surface area contributed by atoms with Gasteiger partial charge in [-0.15, -0.1) is 0 Å². The number of nitrogens with zero attached hydrogens (tertiary/aromatic N) is 3. The average molecular weight is 347 g/mol. The highest BCUT2D eigenvalue weighted by atomic mass is 79.9. The smallest absolute Gasteiger partial charge is 0.155 e. The van der Waals surface area contributed by atoms with Crippen LogP contribution in [0.3, 0.4) is 0 Å². The molecule has 5 nitrogen and oxygen atoms in total. The Morgan fingerprint density at radius 1 is 1.14 bits per heavy atom. The van der Waals surface area contributed by atoms with E-state index in [4.69, 9.17) is 0 Å². The number of rotatable bonds is 5. The molecule has 0 fully saturated rings. The summed E-state index contributed by atoms with van der Waals surface area (Å²) in [6.45, 7) is 1.61. The summed E-state index contributed by atoms with van der Waals surface area (Å²) in [5.41, 5.74) is 3.14. The van der Waals surface area contributed by atoms with Crippen molar-refractivity contribution < 1.29 is 5.11 Å². The molecule has 0 aliphatic heterocycles. The second-order valence-electron chi connectivity index (χ2n) is 4.78. The summed E-state index contributed by atoms with van der Waals surface area (Å²) in [4.78, 5) is 8.47. The molecule has 0 bridgehead atoms. The lowest BCUT2D eigenvalue weighted by Crippen LogP contribution is -2.17. The van der Waals surface area contributed by atoms with Gasteiger partial charge in [0.25, 0.3) is 0 Å². The molecule has 0 saturated carbocycles. The number of hydrogen-bond donors (Lipinski definition) is 2. The number of phenolic OH excluding ortho intramolecular Hbond substituents is 1. The van der Waals surface area contributed by atoms with Gasteiger partial charge in [-0.3, -0.25) is 4.40 Å². The van der Waals surface area contributed by atoms with Gasteiger partial charge in [-0.1, -0.05) is 12.1 Å². The third kappa shape index (κ3) is 3.40. The average Bonchev–Trinajstić information content (AvgIpc) is 2.88. The molecule has 3 aromatic rings. The predicted molar refractivity (Wildman–Crippen MR) is 84.2 cm³/mol. The van der Waals surface area contributed by atoms with Gasteiger partial charge in [0.15, 0.2) is 5.65 Å². The molecule has 6 heteroatoms. The van der Waals surface area contributed by atoms with Crippen molar-refractivity contribution in [1.82, 2.24) is 19.7 Å². The summed E-state index contributed by atoms with van der Waals surface area (Å²) in [5.74, 6) is 0.302. The van der Waals surface area contributed by atoms with Crippen molar-refractivity contribution in [2.24, 2.45) is 0 Å². The third-order valence-corrected chi connectivity index (χ3v) is 3.68. The normalized spacial score (nSPS) is 11.1. The van der Waals surface area contributed by atoms with E-state index in [0.717, 1.165) is 35.5 Å². The van der Waals surface area contributed by atoms with Gasteiger partial charge >= 0.3 is 0 Å². The van der Waals surface area contributed by atoms with E-state index in [1.807, 2.05) is 28.9 Å². The molecule has 0 aliphatic carbocycles. The minimum atomic E-state index is 0.302. The van der Waals surface area contributed by atoms with Crippen LogP contribution in [-0.4, -0.2) is 26.0 Å². The van der Waals surface area contributed by atoms with E-state index in [2.05, 4.69) is 31.2 Å². The summed E-state index contributed by atoms with van der Waals surface area (Å²) in [5, 5.41) is 12.6. The number of halogens is 1. The second-order valence-corrected chi connectivity index (χ2v) is 5.59. The van der Waals surface area contributed by atoms with Crippen molar-refractivity contribution in [3.05, 3.63) is 58.7 Å². The van der Waals surface area contributed by atoms with Gasteiger partial charge in [0.05, 0.1) is 18.1 Å². The van der Waals surface area contributed by atoms with Gasteiger partial charge in [-0.25, -0.2) is 9.97 Å². The molecule has 1 aromatic carbocycles. The largest absolute Gasteiger partial charge is 0.508 e. The number of aromatic nitrogens is 3. The minimum Gasteiger partial charge on any atom is -0.508 e. The zero-order valence-corrected chi connectivity index (χ0v) is 12.9. The van der Waals surface area contributed by atoms with Crippen LogP contribution in [-0.2, 0) is 13.0 Å². The first kappa shape index (κ1) is 14.0. The Balaban J connectivity index is 1.57. The van der Waals surface area contributed by atoms with Crippen molar-refractivity contribution in [2.75, 3.05) is 6.54 Å². The van der Waals surface area contributed by atoms with E-state index in [1.165, 1.54) is 5.56 Å². The highest BCUT2D eigenvalue weighted by Crippen LogP contribution is 2.11. The quantitative estimate of drug-likeness (QED) is 0.697. The first-order valence-corrected chi connectivity index (χ1v) is 7.48. The zero-order valence-electron chi connectivity index (χ0n) is 11.3. The second kappa shape index (κ2) is 6.24. The van der Waals surface area contributed by atoms with E-state index >= 15 is 0 Å². The van der Waals surface area contributed by atoms with Gasteiger partial charge in [0.1, 0.15) is 10.4 Å². The number of imidazole rings is 1. The van der Waals surface area contributed by atoms with Crippen LogP contribution in [0.5, 0.6) is 5.75 Å². The molecular weight excluding hydrogens is 332 g/mol. The Bertz CT molecular complexity index is 739. The minimum absolute atomic E-state index is 0.302. The lowest BCUT2D eigenvalue weighted by atomic mass is 10.1. The summed E-state index contributed by atoms with van der Waals surface area (Å²) in [6.07, 6.45) is 6.43. The standard InChI is InChI=1S/C15H15BrN4O/c16-14-10-20-12(8-19-15(20)9-18-14)7-17-6-5-11-1-3-13(21)4-2-11/h1-4,8-10,17,21H,5-7H2. The van der Waals surface area contributed by atoms with Crippen LogP contribution in [0, 0.1) is 0 Å². The van der Waals surface area contributed by atoms with E-state index in [0.29, 0.717) is 5.75 Å². The van der Waals surface area contributed by atoms with Gasteiger partial charge in [-0.05, 0) is 46.6 Å². The molecular formula is C15H15BrN4O. The maximum atomic E-state index is 9.24. The third-order valence-electron chi connectivity index (χ3n) is 3.27. The van der Waals surface area contributed by atoms with Crippen LogP contribution < -0.4 is 5.32 Å². The maximum Gasteiger partial charge on any atom is 0.155 e. The molecule has 21 heavy (non-hydrogen) atoms. The summed E-state index contributed by atoms with van der Waals surface area (Å²) in [6, 6.07) is 7.30. The number of phenols is 1. The molecule has 0 radical (unpaired) electrons. The Morgan fingerprint density at radius 3 is 2.76 bits per heavy atom. The lowest BCUT2D eigenvalue weighted by Gasteiger charge is -2.05. The SMILES string of the molecule is Oc1ccc(CCNCc2cnc3cnc(Br)cn23)cc1. The molecule has 2 aromatic heterocycles. The summed E-state index contributed by atoms with van der Waals surface area (Å²) in [7, 11) is 0. The van der Waals surface area contributed by atoms with E-state index < -0.39 is 0 Å². The predicted octanol–water partition coefficient (Wildman–Crippen LogP) is 2.53. The topological polar surface area (TPSA) is 62.5 Å². The molecule has 0 spiro atoms. The molecule has 3 rings (SSSR count). The monoisotopic (exact) mass is 346 g/mol. The molecule has 0 amide bonds. The summed E-state index contributed by atoms with van der Waals surface area (Å²) < 4.78 is 2.81. The van der Waals surface area contributed by atoms with Gasteiger partial charge < -0.3 is 10.4 Å². The van der Waals surface area contributed by atoms with Crippen molar-refractivity contribution >= 4 is 21.6 Å². The molecule has 0 unspecified atom stereocenters. The molecule has 0 atom stereocenters. The molecule has 0 saturated heterocycles. The fourth-order valence-electron chi connectivity index (χ4n) is 2.16. The van der Waals surface area contributed by atoms with Gasteiger partial charge in [0.2, 0.25) is 0 Å². The van der Waals surface area contributed by atoms with Crippen LogP contribution >= 0.6 is 15.9 Å². The van der Waals surface area contributed by atoms with Crippen molar-refractivity contribution in [3.8, 4) is 5.75 Å². The molecule has 2 N–H and O–H groups in total. The maximum absolute atomic E-state index is 9.24. The number of hydrogen-bond acceptors (Lipinski definition) is 4. The first-order valence-electron chi connectivity index (χ1n) is 6.68. The van der Waals surface area contributed by atoms with Gasteiger partial charge in [0, 0.05) is 12.7 Å². The first-order chi connectivity index (χ1) is 10.2. The van der Waals surface area contributed by atoms with Crippen LogP contribution in [0.4, 0.5) is 0 Å². The Labute approximate surface area is 130 Å². The molecule has 0 aliphatic rings. The van der Waals surface area contributed by atoms with Crippen LogP contribution in [0.1, 0.15) is 11.3 Å². The fraction of sp³-hybridized carbons (Fsp3) is 0.200. The Morgan fingerprint density at radius 2 is 1.95 bits per heavy atom. The van der Waals surface area contributed by atoms with Crippen molar-refractivity contribution in [3.63, 3.8) is 0 Å². The Hall–Kier alpha value is -1.92. The lowest BCUT2D eigenvalue weighted by molar-refractivity contribution is 0.475. The van der Waals surface area contributed by atoms with Crippen LogP contribution in [0.25, 0.3) is 5.65 Å². The fourth-order valence-corrected chi connectivity index (χ4v) is 2.47. The van der Waals surface area contributed by atoms with E-state index in [-0.39, 0.29) is 0 Å². The van der Waals surface area contributed by atoms with Crippen molar-refractivity contribution in [1.29, 1.82) is 0 Å². The van der Waals surface area contributed by atoms with Crippen LogP contribution in [0.2, 0.25) is 0 Å². The Kier molecular flexibility index (Phi) is 4.17. The number of fused-ring (bicyclic) bond motifs is 1. The number of aromatic hydroxyl groups is 1. The summed E-state index contributed by atoms with van der Waals surface area (Å²) >= 11 is 3.37. The van der Waals surface area contributed by atoms with Gasteiger partial charge in [-0.2, -0.15) is 0 Å². The highest BCUT2D eigenvalue weighted by molar-refractivity contribution is 9.10. The van der Waals surface area contributed by atoms with Crippen molar-refractivity contribution in [2.45, 2.75) is 13.0 Å². The number of nitrogens with one attached hydrogen (secondary N) is 1. The van der Waals surface area contributed by atoms with E-state index in [9.17, 15) is 5.11 Å². The number of benzene rings is 1.